The third-order valence-electron chi connectivity index (χ3n) is 4.24. The van der Waals surface area contributed by atoms with Crippen molar-refractivity contribution in [1.82, 2.24) is 9.88 Å². The average Bonchev–Trinajstić information content (AvgIpc) is 2.59. The van der Waals surface area contributed by atoms with Gasteiger partial charge in [0.2, 0.25) is 5.82 Å². The molecule has 2 rings (SSSR count). The van der Waals surface area contributed by atoms with Crippen LogP contribution in [0.4, 0.5) is 29.5 Å². The van der Waals surface area contributed by atoms with E-state index < -0.39 is 40.1 Å². The Labute approximate surface area is 165 Å². The predicted molar refractivity (Wildman–Crippen MR) is 96.5 cm³/mol. The normalized spacial score (nSPS) is 18.0. The van der Waals surface area contributed by atoms with Crippen LogP contribution in [0.5, 0.6) is 0 Å². The molecule has 1 aliphatic heterocycles. The SMILES string of the molecule is CC(C)(C)OC(=O)N1CCN(c2ncc(C(F)(F)F)cc2[N+](=O)[O-])C(CCO)C1. The Hall–Kier alpha value is -2.63. The zero-order valence-corrected chi connectivity index (χ0v) is 16.3. The van der Waals surface area contributed by atoms with Gasteiger partial charge in [-0.1, -0.05) is 0 Å². The molecule has 0 aromatic carbocycles. The first-order chi connectivity index (χ1) is 13.3. The summed E-state index contributed by atoms with van der Waals surface area (Å²) in [6.45, 7) is 5.15. The maximum atomic E-state index is 12.9. The van der Waals surface area contributed by atoms with Crippen molar-refractivity contribution in [2.75, 3.05) is 31.1 Å². The lowest BCUT2D eigenvalue weighted by atomic mass is 10.1. The Morgan fingerprint density at radius 2 is 2.03 bits per heavy atom. The van der Waals surface area contributed by atoms with Gasteiger partial charge in [0.1, 0.15) is 5.60 Å². The summed E-state index contributed by atoms with van der Waals surface area (Å²) in [7, 11) is 0. The summed E-state index contributed by atoms with van der Waals surface area (Å²) in [6.07, 6.45) is -4.66. The number of pyridine rings is 1. The fourth-order valence-electron chi connectivity index (χ4n) is 2.98. The van der Waals surface area contributed by atoms with Gasteiger partial charge in [-0.2, -0.15) is 13.2 Å². The molecule has 1 atom stereocenters. The lowest BCUT2D eigenvalue weighted by Gasteiger charge is -2.41. The smallest absolute Gasteiger partial charge is 0.418 e. The van der Waals surface area contributed by atoms with E-state index in [1.165, 1.54) is 9.80 Å². The highest BCUT2D eigenvalue weighted by molar-refractivity contribution is 5.69. The summed E-state index contributed by atoms with van der Waals surface area (Å²) in [5.41, 5.74) is -2.72. The molecule has 1 aromatic heterocycles. The summed E-state index contributed by atoms with van der Waals surface area (Å²) in [5.74, 6) is -0.231. The Morgan fingerprint density at radius 3 is 2.55 bits per heavy atom. The molecule has 9 nitrogen and oxygen atoms in total. The molecule has 1 fully saturated rings. The highest BCUT2D eigenvalue weighted by Crippen LogP contribution is 2.36. The number of piperazine rings is 1. The van der Waals surface area contributed by atoms with Gasteiger partial charge in [0.05, 0.1) is 16.5 Å². The molecule has 0 aliphatic carbocycles. The number of aromatic nitrogens is 1. The summed E-state index contributed by atoms with van der Waals surface area (Å²) in [5, 5.41) is 20.7. The van der Waals surface area contributed by atoms with Crippen molar-refractivity contribution in [3.05, 3.63) is 27.9 Å². The molecular formula is C17H23F3N4O5. The number of amides is 1. The fourth-order valence-corrected chi connectivity index (χ4v) is 2.98. The van der Waals surface area contributed by atoms with Crippen LogP contribution in [0.25, 0.3) is 0 Å². The summed E-state index contributed by atoms with van der Waals surface area (Å²) >= 11 is 0. The van der Waals surface area contributed by atoms with E-state index in [1.54, 1.807) is 20.8 Å². The second-order valence-electron chi connectivity index (χ2n) is 7.61. The minimum Gasteiger partial charge on any atom is -0.444 e. The lowest BCUT2D eigenvalue weighted by molar-refractivity contribution is -0.384. The largest absolute Gasteiger partial charge is 0.444 e. The summed E-state index contributed by atoms with van der Waals surface area (Å²) < 4.78 is 44.0. The van der Waals surface area contributed by atoms with Gasteiger partial charge in [0.25, 0.3) is 0 Å². The van der Waals surface area contributed by atoms with Gasteiger partial charge in [0.15, 0.2) is 0 Å². The quantitative estimate of drug-likeness (QED) is 0.589. The van der Waals surface area contributed by atoms with Crippen molar-refractivity contribution in [1.29, 1.82) is 0 Å². The second kappa shape index (κ2) is 8.39. The monoisotopic (exact) mass is 420 g/mol. The van der Waals surface area contributed by atoms with Crippen LogP contribution in [0, 0.1) is 10.1 Å². The van der Waals surface area contributed by atoms with E-state index in [1.807, 2.05) is 0 Å². The number of halogens is 3. The number of aliphatic hydroxyl groups is 1. The molecule has 0 spiro atoms. The van der Waals surface area contributed by atoms with E-state index in [0.717, 1.165) is 0 Å². The van der Waals surface area contributed by atoms with E-state index in [0.29, 0.717) is 12.3 Å². The van der Waals surface area contributed by atoms with Gasteiger partial charge in [-0.05, 0) is 27.2 Å². The number of aliphatic hydroxyl groups excluding tert-OH is 1. The van der Waals surface area contributed by atoms with Gasteiger partial charge in [-0.25, -0.2) is 9.78 Å². The number of ether oxygens (including phenoxy) is 1. The third-order valence-corrected chi connectivity index (χ3v) is 4.24. The van der Waals surface area contributed by atoms with Crippen LogP contribution in [-0.4, -0.2) is 63.9 Å². The zero-order chi connectivity index (χ0) is 22.0. The van der Waals surface area contributed by atoms with Crippen molar-refractivity contribution >= 4 is 17.6 Å². The first kappa shape index (κ1) is 22.7. The number of nitrogens with zero attached hydrogens (tertiary/aromatic N) is 4. The molecule has 1 aliphatic rings. The number of anilines is 1. The van der Waals surface area contributed by atoms with Gasteiger partial charge in [0, 0.05) is 38.5 Å². The van der Waals surface area contributed by atoms with E-state index in [4.69, 9.17) is 4.74 Å². The minimum absolute atomic E-state index is 0.0787. The standard InChI is InChI=1S/C17H23F3N4O5/c1-16(2,3)29-15(26)22-5-6-23(12(10-22)4-7-25)14-13(24(27)28)8-11(9-21-14)17(18,19)20/h8-9,12,25H,4-7,10H2,1-3H3. The summed E-state index contributed by atoms with van der Waals surface area (Å²) in [4.78, 5) is 29.3. The molecule has 0 saturated carbocycles. The van der Waals surface area contributed by atoms with E-state index in [2.05, 4.69) is 4.98 Å². The minimum atomic E-state index is -4.77. The zero-order valence-electron chi connectivity index (χ0n) is 16.3. The molecule has 1 N–H and O–H groups in total. The van der Waals surface area contributed by atoms with Gasteiger partial charge < -0.3 is 19.6 Å². The number of carbonyl (C=O) groups excluding carboxylic acids is 1. The molecule has 0 radical (unpaired) electrons. The van der Waals surface area contributed by atoms with Gasteiger partial charge in [-0.3, -0.25) is 10.1 Å². The number of nitro groups is 1. The second-order valence-corrected chi connectivity index (χ2v) is 7.61. The Balaban J connectivity index is 2.32. The highest BCUT2D eigenvalue weighted by atomic mass is 19.4. The molecule has 29 heavy (non-hydrogen) atoms. The molecule has 1 aromatic rings. The topological polar surface area (TPSA) is 109 Å². The third kappa shape index (κ3) is 5.68. The van der Waals surface area contributed by atoms with Crippen molar-refractivity contribution in [3.63, 3.8) is 0 Å². The maximum Gasteiger partial charge on any atom is 0.418 e. The molecule has 0 bridgehead atoms. The highest BCUT2D eigenvalue weighted by Gasteiger charge is 2.38. The van der Waals surface area contributed by atoms with Crippen molar-refractivity contribution in [2.24, 2.45) is 0 Å². The van der Waals surface area contributed by atoms with Crippen LogP contribution in [0.1, 0.15) is 32.8 Å². The van der Waals surface area contributed by atoms with Gasteiger partial charge in [-0.15, -0.1) is 0 Å². The molecule has 162 valence electrons. The van der Waals surface area contributed by atoms with Crippen LogP contribution in [0.2, 0.25) is 0 Å². The maximum absolute atomic E-state index is 12.9. The number of hydrogen-bond donors (Lipinski definition) is 1. The van der Waals surface area contributed by atoms with E-state index in [9.17, 15) is 33.2 Å². The van der Waals surface area contributed by atoms with Crippen LogP contribution in [-0.2, 0) is 10.9 Å². The average molecular weight is 420 g/mol. The Kier molecular flexibility index (Phi) is 6.56. The van der Waals surface area contributed by atoms with Crippen LogP contribution in [0.15, 0.2) is 12.3 Å². The van der Waals surface area contributed by atoms with E-state index in [-0.39, 0.29) is 38.5 Å². The van der Waals surface area contributed by atoms with Crippen molar-refractivity contribution in [3.8, 4) is 0 Å². The first-order valence-electron chi connectivity index (χ1n) is 8.90. The summed E-state index contributed by atoms with van der Waals surface area (Å²) in [6, 6.07) is -0.136. The lowest BCUT2D eigenvalue weighted by Crippen LogP contribution is -2.56. The van der Waals surface area contributed by atoms with Crippen molar-refractivity contribution in [2.45, 2.75) is 45.0 Å². The number of alkyl halides is 3. The number of rotatable bonds is 4. The Morgan fingerprint density at radius 1 is 1.38 bits per heavy atom. The number of carbonyl (C=O) groups is 1. The fraction of sp³-hybridized carbons (Fsp3) is 0.647. The van der Waals surface area contributed by atoms with Crippen LogP contribution in [0.3, 0.4) is 0 Å². The van der Waals surface area contributed by atoms with Crippen molar-refractivity contribution < 1.29 is 32.7 Å². The molecule has 1 amide bonds. The predicted octanol–water partition coefficient (Wildman–Crippen LogP) is 2.82. The molecular weight excluding hydrogens is 397 g/mol. The number of hydrogen-bond acceptors (Lipinski definition) is 7. The molecule has 2 heterocycles. The first-order valence-corrected chi connectivity index (χ1v) is 8.90. The molecule has 1 unspecified atom stereocenters. The molecule has 12 heteroatoms. The van der Waals surface area contributed by atoms with Crippen LogP contribution < -0.4 is 4.90 Å². The van der Waals surface area contributed by atoms with Crippen LogP contribution >= 0.6 is 0 Å². The van der Waals surface area contributed by atoms with E-state index >= 15 is 0 Å². The van der Waals surface area contributed by atoms with Gasteiger partial charge >= 0.3 is 18.0 Å². The molecule has 1 saturated heterocycles. The Bertz CT molecular complexity index is 766.